The number of phenols is 1. The van der Waals surface area contributed by atoms with Gasteiger partial charge in [-0.25, -0.2) is 0 Å². The van der Waals surface area contributed by atoms with E-state index in [0.717, 1.165) is 42.1 Å². The Morgan fingerprint density at radius 1 is 0.917 bits per heavy atom. The van der Waals surface area contributed by atoms with Crippen LogP contribution in [0.15, 0.2) is 30.3 Å². The maximum absolute atomic E-state index is 13.2. The monoisotopic (exact) mass is 522 g/mol. The summed E-state index contributed by atoms with van der Waals surface area (Å²) in [7, 11) is 1.89. The molecule has 1 N–H and O–H groups in total. The number of benzene rings is 2. The third-order valence-electron chi connectivity index (χ3n) is 6.13. The van der Waals surface area contributed by atoms with Crippen molar-refractivity contribution in [3.05, 3.63) is 47.0 Å². The first kappa shape index (κ1) is 28.1. The van der Waals surface area contributed by atoms with Gasteiger partial charge in [0.15, 0.2) is 0 Å². The molecule has 197 valence electrons. The van der Waals surface area contributed by atoms with Gasteiger partial charge >= 0.3 is 15.5 Å². The van der Waals surface area contributed by atoms with Gasteiger partial charge in [-0.05, 0) is 71.5 Å². The van der Waals surface area contributed by atoms with E-state index in [9.17, 15) is 18.3 Å². The van der Waals surface area contributed by atoms with E-state index in [1.54, 1.807) is 14.2 Å². The average Bonchev–Trinajstić information content (AvgIpc) is 3.18. The SMILES string of the molecule is CO[Si](CCCc1cc(C(C)(C)CC(C)(C)C)cc(-n2nc3ccc(C(F)(F)F)cc3n2)c1O)OC. The Balaban J connectivity index is 2.09. The minimum atomic E-state index is -4.48. The van der Waals surface area contributed by atoms with Crippen molar-refractivity contribution < 1.29 is 27.1 Å². The van der Waals surface area contributed by atoms with Crippen LogP contribution in [0.5, 0.6) is 5.75 Å². The molecule has 1 heterocycles. The Labute approximate surface area is 212 Å². The molecule has 36 heavy (non-hydrogen) atoms. The van der Waals surface area contributed by atoms with E-state index < -0.39 is 21.0 Å². The first-order valence-electron chi connectivity index (χ1n) is 11.9. The number of aromatic nitrogens is 3. The van der Waals surface area contributed by atoms with Crippen LogP contribution >= 0.6 is 0 Å². The number of fused-ring (bicyclic) bond motifs is 1. The van der Waals surface area contributed by atoms with Gasteiger partial charge in [0.2, 0.25) is 0 Å². The zero-order chi connectivity index (χ0) is 26.9. The normalized spacial score (nSPS) is 13.2. The molecule has 0 atom stereocenters. The van der Waals surface area contributed by atoms with Gasteiger partial charge in [-0.2, -0.15) is 13.2 Å². The van der Waals surface area contributed by atoms with E-state index in [0.29, 0.717) is 17.6 Å². The molecule has 6 nitrogen and oxygen atoms in total. The van der Waals surface area contributed by atoms with Gasteiger partial charge in [0, 0.05) is 14.2 Å². The molecule has 0 unspecified atom stereocenters. The summed E-state index contributed by atoms with van der Waals surface area (Å²) in [6.45, 7) is 10.8. The van der Waals surface area contributed by atoms with Crippen LogP contribution in [0.4, 0.5) is 13.2 Å². The number of halogens is 3. The van der Waals surface area contributed by atoms with E-state index in [-0.39, 0.29) is 22.1 Å². The summed E-state index contributed by atoms with van der Waals surface area (Å²) in [5, 5.41) is 19.9. The maximum Gasteiger partial charge on any atom is 0.416 e. The molecule has 0 aliphatic carbocycles. The molecule has 3 rings (SSSR count). The predicted molar refractivity (Wildman–Crippen MR) is 136 cm³/mol. The van der Waals surface area contributed by atoms with Crippen LogP contribution in [0.3, 0.4) is 0 Å². The quantitative estimate of drug-likeness (QED) is 0.322. The van der Waals surface area contributed by atoms with Crippen molar-refractivity contribution in [3.63, 3.8) is 0 Å². The van der Waals surface area contributed by atoms with Crippen molar-refractivity contribution in [3.8, 4) is 11.4 Å². The standard InChI is InChI=1S/C26H35F3N3O3Si/c1-24(2,3)16-25(4,5)19-13-17(9-8-12-36(34-6)35-7)23(33)22(15-19)32-30-20-11-10-18(26(27,28)29)14-21(20)31-32/h10-11,13-15,33H,8-9,12,16H2,1-7H3. The number of hydrogen-bond donors (Lipinski definition) is 1. The van der Waals surface area contributed by atoms with Crippen LogP contribution in [0.1, 0.15) is 64.2 Å². The molecule has 10 heteroatoms. The van der Waals surface area contributed by atoms with Gasteiger partial charge in [0.05, 0.1) is 5.56 Å². The van der Waals surface area contributed by atoms with Crippen molar-refractivity contribution in [1.82, 2.24) is 15.0 Å². The van der Waals surface area contributed by atoms with Gasteiger partial charge in [0.25, 0.3) is 0 Å². The fourth-order valence-corrected chi connectivity index (χ4v) is 5.79. The highest BCUT2D eigenvalue weighted by Gasteiger charge is 2.32. The van der Waals surface area contributed by atoms with E-state index in [1.807, 2.05) is 12.1 Å². The number of aryl methyl sites for hydroxylation is 1. The Morgan fingerprint density at radius 3 is 2.14 bits per heavy atom. The molecule has 0 saturated carbocycles. The number of hydrogen-bond acceptors (Lipinski definition) is 5. The molecular weight excluding hydrogens is 487 g/mol. The van der Waals surface area contributed by atoms with Crippen molar-refractivity contribution in [2.45, 2.75) is 71.5 Å². The van der Waals surface area contributed by atoms with Crippen LogP contribution in [-0.2, 0) is 26.9 Å². The van der Waals surface area contributed by atoms with Gasteiger partial charge in [-0.3, -0.25) is 0 Å². The second-order valence-electron chi connectivity index (χ2n) is 10.9. The summed E-state index contributed by atoms with van der Waals surface area (Å²) in [5.74, 6) is 0.0188. The highest BCUT2D eigenvalue weighted by molar-refractivity contribution is 6.44. The summed E-state index contributed by atoms with van der Waals surface area (Å²) in [5.41, 5.74) is 1.53. The Kier molecular flexibility index (Phi) is 8.22. The summed E-state index contributed by atoms with van der Waals surface area (Å²) >= 11 is 0. The fourth-order valence-electron chi connectivity index (χ4n) is 4.75. The second kappa shape index (κ2) is 10.5. The van der Waals surface area contributed by atoms with E-state index in [4.69, 9.17) is 8.85 Å². The lowest BCUT2D eigenvalue weighted by molar-refractivity contribution is -0.137. The summed E-state index contributed by atoms with van der Waals surface area (Å²) in [6, 6.07) is 7.86. The van der Waals surface area contributed by atoms with Crippen LogP contribution in [0, 0.1) is 5.41 Å². The molecule has 1 aromatic heterocycles. The molecule has 0 amide bonds. The van der Waals surface area contributed by atoms with Crippen LogP contribution < -0.4 is 0 Å². The first-order valence-corrected chi connectivity index (χ1v) is 13.4. The molecule has 0 spiro atoms. The molecule has 0 aliphatic rings. The third kappa shape index (κ3) is 6.66. The van der Waals surface area contributed by atoms with Crippen LogP contribution in [-0.4, -0.2) is 43.6 Å². The Bertz CT molecular complexity index is 1200. The number of phenolic OH excluding ortho intramolecular Hbond substituents is 1. The third-order valence-corrected chi connectivity index (χ3v) is 7.80. The zero-order valence-corrected chi connectivity index (χ0v) is 23.0. The highest BCUT2D eigenvalue weighted by atomic mass is 28.3. The van der Waals surface area contributed by atoms with Gasteiger partial charge in [0.1, 0.15) is 22.5 Å². The lowest BCUT2D eigenvalue weighted by atomic mass is 9.72. The lowest BCUT2D eigenvalue weighted by Gasteiger charge is -2.33. The van der Waals surface area contributed by atoms with Crippen LogP contribution in [0.2, 0.25) is 6.04 Å². The van der Waals surface area contributed by atoms with Crippen molar-refractivity contribution in [2.24, 2.45) is 5.41 Å². The molecule has 0 aliphatic heterocycles. The molecule has 0 fully saturated rings. The smallest absolute Gasteiger partial charge is 0.416 e. The molecule has 3 aromatic rings. The number of nitrogens with zero attached hydrogens (tertiary/aromatic N) is 3. The summed E-state index contributed by atoms with van der Waals surface area (Å²) in [4.78, 5) is 1.24. The maximum atomic E-state index is 13.2. The second-order valence-corrected chi connectivity index (χ2v) is 13.0. The highest BCUT2D eigenvalue weighted by Crippen LogP contribution is 2.40. The van der Waals surface area contributed by atoms with E-state index >= 15 is 0 Å². The van der Waals surface area contributed by atoms with Crippen molar-refractivity contribution in [2.75, 3.05) is 14.2 Å². The Hall–Kier alpha value is -2.43. The van der Waals surface area contributed by atoms with Gasteiger partial charge < -0.3 is 14.0 Å². The Morgan fingerprint density at radius 2 is 1.56 bits per heavy atom. The molecule has 1 radical (unpaired) electrons. The molecule has 0 saturated heterocycles. The van der Waals surface area contributed by atoms with E-state index in [2.05, 4.69) is 44.8 Å². The topological polar surface area (TPSA) is 69.4 Å². The zero-order valence-electron chi connectivity index (χ0n) is 22.0. The summed E-state index contributed by atoms with van der Waals surface area (Å²) < 4.78 is 50.3. The van der Waals surface area contributed by atoms with Gasteiger partial charge in [-0.15, -0.1) is 15.0 Å². The number of alkyl halides is 3. The van der Waals surface area contributed by atoms with Gasteiger partial charge in [-0.1, -0.05) is 40.7 Å². The molecule has 0 bridgehead atoms. The average molecular weight is 523 g/mol. The fraction of sp³-hybridized carbons (Fsp3) is 0.538. The largest absolute Gasteiger partial charge is 0.505 e. The van der Waals surface area contributed by atoms with E-state index in [1.165, 1.54) is 10.9 Å². The predicted octanol–water partition coefficient (Wildman–Crippen LogP) is 6.57. The number of rotatable bonds is 9. The van der Waals surface area contributed by atoms with Crippen molar-refractivity contribution in [1.29, 1.82) is 0 Å². The summed E-state index contributed by atoms with van der Waals surface area (Å²) in [6.07, 6.45) is -2.27. The van der Waals surface area contributed by atoms with Crippen molar-refractivity contribution >= 4 is 20.3 Å². The number of aromatic hydroxyl groups is 1. The minimum absolute atomic E-state index is 0.0188. The minimum Gasteiger partial charge on any atom is -0.505 e. The first-order chi connectivity index (χ1) is 16.6. The lowest BCUT2D eigenvalue weighted by Crippen LogP contribution is -2.25. The van der Waals surface area contributed by atoms with Crippen LogP contribution in [0.25, 0.3) is 16.7 Å². The molecule has 2 aromatic carbocycles. The molecular formula is C26H35F3N3O3Si.